The second-order valence-corrected chi connectivity index (χ2v) is 10.0. The highest BCUT2D eigenvalue weighted by atomic mass is 32.2. The minimum absolute atomic E-state index is 0.0801. The molecule has 3 heterocycles. The number of carbonyl (C=O) groups excluding carboxylic acids is 2. The van der Waals surface area contributed by atoms with E-state index in [0.29, 0.717) is 34.8 Å². The molecule has 5 rings (SSSR count). The van der Waals surface area contributed by atoms with Crippen molar-refractivity contribution in [1.82, 2.24) is 4.90 Å². The highest BCUT2D eigenvalue weighted by molar-refractivity contribution is 7.99. The number of ether oxygens (including phenoxy) is 2. The number of carbonyl (C=O) groups is 3. The zero-order valence-corrected chi connectivity index (χ0v) is 20.6. The summed E-state index contributed by atoms with van der Waals surface area (Å²) in [6.07, 6.45) is 0.525. The third-order valence-corrected chi connectivity index (χ3v) is 8.13. The maximum atomic E-state index is 13.5. The number of hydrogen-bond donors (Lipinski definition) is 3. The molecule has 12 nitrogen and oxygen atoms in total. The summed E-state index contributed by atoms with van der Waals surface area (Å²) >= 11 is 1.72. The molecule has 0 radical (unpaired) electrons. The number of hydrogen-bond acceptors (Lipinski definition) is 10. The van der Waals surface area contributed by atoms with Crippen molar-refractivity contribution < 1.29 is 33.9 Å². The van der Waals surface area contributed by atoms with Crippen LogP contribution in [-0.4, -0.2) is 64.2 Å². The van der Waals surface area contributed by atoms with E-state index in [1.54, 1.807) is 23.9 Å². The Morgan fingerprint density at radius 3 is 2.86 bits per heavy atom. The molecular weight excluding hydrogens is 504 g/mol. The van der Waals surface area contributed by atoms with Crippen LogP contribution >= 0.6 is 11.8 Å². The SMILES string of the molecule is COC(=O)C1CC2CSCN2C12C(=O)Nc1ccc(NCc3ccc([N+](=O)[O-])cc3OCC(=O)O)cc12. The number of carboxylic acid groups (broad SMARTS) is 1. The minimum Gasteiger partial charge on any atom is -0.481 e. The topological polar surface area (TPSA) is 160 Å². The third-order valence-electron chi connectivity index (χ3n) is 7.05. The van der Waals surface area contributed by atoms with Gasteiger partial charge in [0.1, 0.15) is 11.3 Å². The molecule has 2 aromatic rings. The molecule has 0 bridgehead atoms. The van der Waals surface area contributed by atoms with E-state index >= 15 is 0 Å². The summed E-state index contributed by atoms with van der Waals surface area (Å²) < 4.78 is 10.4. The first-order chi connectivity index (χ1) is 17.7. The van der Waals surface area contributed by atoms with E-state index in [1.807, 2.05) is 6.07 Å². The number of non-ortho nitro benzene ring substituents is 1. The van der Waals surface area contributed by atoms with E-state index in [-0.39, 0.29) is 29.9 Å². The smallest absolute Gasteiger partial charge is 0.341 e. The quantitative estimate of drug-likeness (QED) is 0.262. The lowest BCUT2D eigenvalue weighted by molar-refractivity contribution is -0.385. The number of nitro groups is 1. The largest absolute Gasteiger partial charge is 0.481 e. The lowest BCUT2D eigenvalue weighted by Crippen LogP contribution is -2.52. The van der Waals surface area contributed by atoms with E-state index in [9.17, 15) is 24.5 Å². The molecule has 2 aromatic carbocycles. The minimum atomic E-state index is -1.21. The van der Waals surface area contributed by atoms with Crippen molar-refractivity contribution in [2.45, 2.75) is 24.5 Å². The maximum Gasteiger partial charge on any atom is 0.341 e. The van der Waals surface area contributed by atoms with E-state index in [0.717, 1.165) is 5.75 Å². The van der Waals surface area contributed by atoms with Gasteiger partial charge in [0.2, 0.25) is 0 Å². The monoisotopic (exact) mass is 528 g/mol. The van der Waals surface area contributed by atoms with E-state index in [4.69, 9.17) is 14.6 Å². The summed E-state index contributed by atoms with van der Waals surface area (Å²) in [6, 6.07) is 9.46. The van der Waals surface area contributed by atoms with Gasteiger partial charge < -0.3 is 25.2 Å². The van der Waals surface area contributed by atoms with Crippen LogP contribution in [0.4, 0.5) is 17.1 Å². The summed E-state index contributed by atoms with van der Waals surface area (Å²) in [4.78, 5) is 49.9. The third kappa shape index (κ3) is 4.13. The number of carboxylic acids is 1. The first kappa shape index (κ1) is 24.8. The van der Waals surface area contributed by atoms with Gasteiger partial charge in [0.25, 0.3) is 11.6 Å². The fraction of sp³-hybridized carbons (Fsp3) is 0.375. The molecule has 1 spiro atoms. The molecule has 37 heavy (non-hydrogen) atoms. The van der Waals surface area contributed by atoms with Crippen LogP contribution in [0.5, 0.6) is 5.75 Å². The van der Waals surface area contributed by atoms with Gasteiger partial charge in [-0.25, -0.2) is 4.79 Å². The first-order valence-electron chi connectivity index (χ1n) is 11.5. The number of esters is 1. The lowest BCUT2D eigenvalue weighted by atomic mass is 9.79. The molecule has 1 amide bonds. The van der Waals surface area contributed by atoms with Crippen molar-refractivity contribution in [3.63, 3.8) is 0 Å². The number of nitrogens with zero attached hydrogens (tertiary/aromatic N) is 2. The molecule has 3 N–H and O–H groups in total. The lowest BCUT2D eigenvalue weighted by Gasteiger charge is -2.35. The summed E-state index contributed by atoms with van der Waals surface area (Å²) in [7, 11) is 1.33. The Labute approximate surface area is 215 Å². The average Bonchev–Trinajstić information content (AvgIpc) is 3.54. The van der Waals surface area contributed by atoms with Gasteiger partial charge in [-0.15, -0.1) is 11.8 Å². The molecule has 3 unspecified atom stereocenters. The van der Waals surface area contributed by atoms with Gasteiger partial charge in [0.05, 0.1) is 24.0 Å². The number of nitro benzene ring substituents is 1. The van der Waals surface area contributed by atoms with Crippen LogP contribution in [0.15, 0.2) is 36.4 Å². The van der Waals surface area contributed by atoms with Crippen LogP contribution in [0.2, 0.25) is 0 Å². The van der Waals surface area contributed by atoms with Gasteiger partial charge in [0, 0.05) is 52.8 Å². The predicted molar refractivity (Wildman–Crippen MR) is 133 cm³/mol. The summed E-state index contributed by atoms with van der Waals surface area (Å²) in [5, 5.41) is 26.3. The van der Waals surface area contributed by atoms with Crippen LogP contribution in [0.25, 0.3) is 0 Å². The van der Waals surface area contributed by atoms with Crippen LogP contribution in [0.1, 0.15) is 17.5 Å². The number of rotatable bonds is 8. The van der Waals surface area contributed by atoms with Crippen LogP contribution in [-0.2, 0) is 31.2 Å². The van der Waals surface area contributed by atoms with Gasteiger partial charge in [-0.05, 0) is 30.7 Å². The zero-order chi connectivity index (χ0) is 26.3. The number of aliphatic carboxylic acids is 1. The molecule has 3 aliphatic heterocycles. The molecular formula is C24H24N4O8S. The Morgan fingerprint density at radius 1 is 1.32 bits per heavy atom. The Bertz CT molecular complexity index is 1300. The summed E-state index contributed by atoms with van der Waals surface area (Å²) in [5.74, 6) is -0.999. The summed E-state index contributed by atoms with van der Waals surface area (Å²) in [5.41, 5.74) is 1.09. The van der Waals surface area contributed by atoms with Crippen LogP contribution in [0, 0.1) is 16.0 Å². The summed E-state index contributed by atoms with van der Waals surface area (Å²) in [6.45, 7) is -0.476. The normalized spacial score (nSPS) is 23.9. The Hall–Kier alpha value is -3.84. The highest BCUT2D eigenvalue weighted by Gasteiger charge is 2.66. The number of nitrogens with one attached hydrogen (secondary N) is 2. The number of anilines is 2. The predicted octanol–water partition coefficient (Wildman–Crippen LogP) is 2.39. The second-order valence-electron chi connectivity index (χ2n) is 9.00. The zero-order valence-electron chi connectivity index (χ0n) is 19.8. The molecule has 2 saturated heterocycles. The maximum absolute atomic E-state index is 13.5. The standard InChI is InChI=1S/C24H24N4O8S/c1-35-22(31)18-7-16-11-37-12-27(16)24(18)17-6-14(3-5-19(17)26-23(24)32)25-9-13-2-4-15(28(33)34)8-20(13)36-10-21(29)30/h2-6,8,16,18,25H,7,9-12H2,1H3,(H,26,32)(H,29,30). The van der Waals surface area contributed by atoms with Crippen LogP contribution < -0.4 is 15.4 Å². The van der Waals surface area contributed by atoms with Crippen molar-refractivity contribution in [3.05, 3.63) is 57.6 Å². The molecule has 13 heteroatoms. The van der Waals surface area contributed by atoms with E-state index < -0.39 is 34.9 Å². The molecule has 194 valence electrons. The second kappa shape index (κ2) is 9.56. The van der Waals surface area contributed by atoms with Crippen molar-refractivity contribution >= 4 is 46.7 Å². The number of fused-ring (bicyclic) bond motifs is 4. The molecule has 0 aliphatic carbocycles. The number of amides is 1. The highest BCUT2D eigenvalue weighted by Crippen LogP contribution is 2.56. The van der Waals surface area contributed by atoms with E-state index in [2.05, 4.69) is 15.5 Å². The fourth-order valence-corrected chi connectivity index (χ4v) is 6.75. The molecule has 3 atom stereocenters. The number of thioether (sulfide) groups is 1. The fourth-order valence-electron chi connectivity index (χ4n) is 5.44. The molecule has 0 saturated carbocycles. The van der Waals surface area contributed by atoms with Gasteiger partial charge in [-0.3, -0.25) is 24.6 Å². The molecule has 3 aliphatic rings. The number of methoxy groups -OCH3 is 1. The first-order valence-corrected chi connectivity index (χ1v) is 12.6. The Kier molecular flexibility index (Phi) is 6.42. The Balaban J connectivity index is 1.46. The van der Waals surface area contributed by atoms with Gasteiger partial charge in [0.15, 0.2) is 6.61 Å². The van der Waals surface area contributed by atoms with E-state index in [1.165, 1.54) is 25.3 Å². The van der Waals surface area contributed by atoms with Crippen molar-refractivity contribution in [2.75, 3.05) is 36.0 Å². The van der Waals surface area contributed by atoms with Crippen molar-refractivity contribution in [2.24, 2.45) is 5.92 Å². The van der Waals surface area contributed by atoms with Gasteiger partial charge >= 0.3 is 11.9 Å². The number of benzene rings is 2. The van der Waals surface area contributed by atoms with Crippen LogP contribution in [0.3, 0.4) is 0 Å². The van der Waals surface area contributed by atoms with Crippen molar-refractivity contribution in [1.29, 1.82) is 0 Å². The molecule has 0 aromatic heterocycles. The van der Waals surface area contributed by atoms with Gasteiger partial charge in [-0.1, -0.05) is 0 Å². The molecule has 2 fully saturated rings. The Morgan fingerprint density at radius 2 is 2.14 bits per heavy atom. The van der Waals surface area contributed by atoms with Crippen molar-refractivity contribution in [3.8, 4) is 5.75 Å². The van der Waals surface area contributed by atoms with Gasteiger partial charge in [-0.2, -0.15) is 0 Å². The average molecular weight is 529 g/mol.